The number of ether oxygens (including phenoxy) is 1. The summed E-state index contributed by atoms with van der Waals surface area (Å²) in [4.78, 5) is 11.2. The zero-order valence-corrected chi connectivity index (χ0v) is 13.0. The van der Waals surface area contributed by atoms with E-state index >= 15 is 0 Å². The van der Waals surface area contributed by atoms with Crippen LogP contribution < -0.4 is 5.73 Å². The zero-order valence-electron chi connectivity index (χ0n) is 11.4. The van der Waals surface area contributed by atoms with Crippen molar-refractivity contribution in [1.29, 1.82) is 0 Å². The number of aromatic nitrogens is 2. The molecule has 0 spiro atoms. The van der Waals surface area contributed by atoms with E-state index in [9.17, 15) is 0 Å². The van der Waals surface area contributed by atoms with Gasteiger partial charge >= 0.3 is 0 Å². The van der Waals surface area contributed by atoms with E-state index in [-0.39, 0.29) is 0 Å². The molecule has 6 heteroatoms. The smallest absolute Gasteiger partial charge is 0.158 e. The van der Waals surface area contributed by atoms with Crippen molar-refractivity contribution in [2.24, 2.45) is 0 Å². The first-order chi connectivity index (χ1) is 10.3. The van der Waals surface area contributed by atoms with E-state index in [0.29, 0.717) is 24.4 Å². The minimum absolute atomic E-state index is 0.385. The van der Waals surface area contributed by atoms with Crippen molar-refractivity contribution < 1.29 is 4.74 Å². The Kier molecular flexibility index (Phi) is 3.37. The van der Waals surface area contributed by atoms with Crippen LogP contribution in [0.25, 0.3) is 20.7 Å². The molecule has 1 fully saturated rings. The third kappa shape index (κ3) is 2.43. The van der Waals surface area contributed by atoms with Crippen molar-refractivity contribution in [3.63, 3.8) is 0 Å². The van der Waals surface area contributed by atoms with Crippen LogP contribution in [0.4, 0.5) is 5.82 Å². The zero-order chi connectivity index (χ0) is 14.2. The number of anilines is 1. The fourth-order valence-corrected chi connectivity index (χ4v) is 4.21. The minimum atomic E-state index is 0.385. The minimum Gasteiger partial charge on any atom is -0.383 e. The number of hydrogen-bond donors (Lipinski definition) is 1. The summed E-state index contributed by atoms with van der Waals surface area (Å²) in [5, 5.41) is 5.14. The average molecular weight is 317 g/mol. The molecule has 0 aliphatic heterocycles. The highest BCUT2D eigenvalue weighted by atomic mass is 32.1. The van der Waals surface area contributed by atoms with Crippen LogP contribution in [-0.4, -0.2) is 16.1 Å². The molecule has 0 aromatic carbocycles. The lowest BCUT2D eigenvalue weighted by molar-refractivity contribution is -0.0115. The number of nitrogens with two attached hydrogens (primary N) is 1. The van der Waals surface area contributed by atoms with Crippen molar-refractivity contribution in [3.8, 4) is 10.4 Å². The van der Waals surface area contributed by atoms with E-state index in [2.05, 4.69) is 26.8 Å². The van der Waals surface area contributed by atoms with Crippen LogP contribution in [-0.2, 0) is 11.3 Å². The number of fused-ring (bicyclic) bond motifs is 1. The van der Waals surface area contributed by atoms with Crippen molar-refractivity contribution in [1.82, 2.24) is 9.97 Å². The van der Waals surface area contributed by atoms with Gasteiger partial charge in [-0.15, -0.1) is 22.7 Å². The van der Waals surface area contributed by atoms with Gasteiger partial charge in [0.05, 0.1) is 11.5 Å². The number of thiophene rings is 2. The van der Waals surface area contributed by atoms with E-state index in [4.69, 9.17) is 10.5 Å². The van der Waals surface area contributed by atoms with Crippen LogP contribution in [0.1, 0.15) is 25.1 Å². The molecule has 0 radical (unpaired) electrons. The Morgan fingerprint density at radius 3 is 2.90 bits per heavy atom. The summed E-state index contributed by atoms with van der Waals surface area (Å²) in [6.45, 7) is 0.455. The molecule has 108 valence electrons. The van der Waals surface area contributed by atoms with Crippen LogP contribution in [0.5, 0.6) is 0 Å². The van der Waals surface area contributed by atoms with Crippen molar-refractivity contribution >= 4 is 38.7 Å². The lowest BCUT2D eigenvalue weighted by atomic mass is 9.96. The predicted molar refractivity (Wildman–Crippen MR) is 87.6 cm³/mol. The Bertz CT molecular complexity index is 763. The second kappa shape index (κ2) is 5.36. The molecule has 0 bridgehead atoms. The fraction of sp³-hybridized carbons (Fsp3) is 0.333. The lowest BCUT2D eigenvalue weighted by Gasteiger charge is -2.25. The first-order valence-corrected chi connectivity index (χ1v) is 8.76. The molecular weight excluding hydrogens is 302 g/mol. The number of rotatable bonds is 4. The molecule has 21 heavy (non-hydrogen) atoms. The second-order valence-corrected chi connectivity index (χ2v) is 7.00. The van der Waals surface area contributed by atoms with Crippen LogP contribution in [0.15, 0.2) is 22.9 Å². The molecule has 1 saturated carbocycles. The third-order valence-corrected chi connectivity index (χ3v) is 5.57. The maximum absolute atomic E-state index is 6.17. The Morgan fingerprint density at radius 1 is 1.29 bits per heavy atom. The van der Waals surface area contributed by atoms with E-state index < -0.39 is 0 Å². The first-order valence-electron chi connectivity index (χ1n) is 7.00. The Hall–Kier alpha value is -1.50. The van der Waals surface area contributed by atoms with Gasteiger partial charge in [0, 0.05) is 15.8 Å². The van der Waals surface area contributed by atoms with E-state index in [1.165, 1.54) is 11.3 Å². The van der Waals surface area contributed by atoms with Crippen molar-refractivity contribution in [2.75, 3.05) is 5.73 Å². The Morgan fingerprint density at radius 2 is 2.19 bits per heavy atom. The molecule has 2 N–H and O–H groups in total. The predicted octanol–water partition coefficient (Wildman–Crippen LogP) is 4.07. The fourth-order valence-electron chi connectivity index (χ4n) is 2.42. The van der Waals surface area contributed by atoms with Gasteiger partial charge < -0.3 is 10.5 Å². The van der Waals surface area contributed by atoms with Gasteiger partial charge in [-0.3, -0.25) is 0 Å². The third-order valence-electron chi connectivity index (χ3n) is 3.79. The molecule has 0 saturated heterocycles. The maximum Gasteiger partial charge on any atom is 0.158 e. The lowest BCUT2D eigenvalue weighted by Crippen LogP contribution is -2.21. The second-order valence-electron chi connectivity index (χ2n) is 5.20. The summed E-state index contributed by atoms with van der Waals surface area (Å²) in [6, 6.07) is 4.14. The molecule has 4 nitrogen and oxygen atoms in total. The molecule has 1 aliphatic carbocycles. The molecule has 3 aromatic heterocycles. The summed E-state index contributed by atoms with van der Waals surface area (Å²) in [6.07, 6.45) is 3.95. The van der Waals surface area contributed by atoms with Gasteiger partial charge in [0.1, 0.15) is 17.3 Å². The van der Waals surface area contributed by atoms with Gasteiger partial charge in [-0.2, -0.15) is 0 Å². The van der Waals surface area contributed by atoms with Gasteiger partial charge in [0.15, 0.2) is 5.82 Å². The normalized spacial score (nSPS) is 15.4. The Labute approximate surface area is 130 Å². The highest BCUT2D eigenvalue weighted by Crippen LogP contribution is 2.38. The van der Waals surface area contributed by atoms with Crippen LogP contribution in [0, 0.1) is 0 Å². The SMILES string of the molecule is Nc1nc(COC2CCC2)nc2scc(-c3cccs3)c12. The molecule has 3 aromatic rings. The van der Waals surface area contributed by atoms with Crippen LogP contribution >= 0.6 is 22.7 Å². The summed E-state index contributed by atoms with van der Waals surface area (Å²) < 4.78 is 5.77. The first kappa shape index (κ1) is 13.2. The monoisotopic (exact) mass is 317 g/mol. The summed E-state index contributed by atoms with van der Waals surface area (Å²) in [5.74, 6) is 1.24. The molecule has 1 aliphatic rings. The van der Waals surface area contributed by atoms with Crippen LogP contribution in [0.3, 0.4) is 0 Å². The van der Waals surface area contributed by atoms with E-state index in [0.717, 1.165) is 28.6 Å². The number of nitrogen functional groups attached to an aromatic ring is 1. The van der Waals surface area contributed by atoms with Crippen molar-refractivity contribution in [2.45, 2.75) is 32.0 Å². The molecule has 0 amide bonds. The van der Waals surface area contributed by atoms with Gasteiger partial charge in [-0.05, 0) is 30.7 Å². The maximum atomic E-state index is 6.17. The standard InChI is InChI=1S/C15H15N3OS2/c16-14-13-10(11-5-2-6-20-11)8-21-15(13)18-12(17-14)7-19-9-3-1-4-9/h2,5-6,8-9H,1,3-4,7H2,(H2,16,17,18). The van der Waals surface area contributed by atoms with Gasteiger partial charge in [0.2, 0.25) is 0 Å². The molecule has 0 unspecified atom stereocenters. The van der Waals surface area contributed by atoms with E-state index in [1.807, 2.05) is 6.07 Å². The van der Waals surface area contributed by atoms with Gasteiger partial charge in [-0.1, -0.05) is 6.07 Å². The van der Waals surface area contributed by atoms with Crippen LogP contribution in [0.2, 0.25) is 0 Å². The quantitative estimate of drug-likeness (QED) is 0.788. The molecule has 3 heterocycles. The molecule has 0 atom stereocenters. The molecule has 4 rings (SSSR count). The summed E-state index contributed by atoms with van der Waals surface area (Å²) in [5.41, 5.74) is 7.30. The molecular formula is C15H15N3OS2. The van der Waals surface area contributed by atoms with Gasteiger partial charge in [0.25, 0.3) is 0 Å². The number of hydrogen-bond acceptors (Lipinski definition) is 6. The summed E-state index contributed by atoms with van der Waals surface area (Å²) in [7, 11) is 0. The summed E-state index contributed by atoms with van der Waals surface area (Å²) >= 11 is 3.32. The highest BCUT2D eigenvalue weighted by Gasteiger charge is 2.19. The Balaban J connectivity index is 1.67. The highest BCUT2D eigenvalue weighted by molar-refractivity contribution is 7.18. The number of nitrogens with zero attached hydrogens (tertiary/aromatic N) is 2. The van der Waals surface area contributed by atoms with Crippen molar-refractivity contribution in [3.05, 3.63) is 28.7 Å². The average Bonchev–Trinajstić information content (AvgIpc) is 3.04. The van der Waals surface area contributed by atoms with E-state index in [1.54, 1.807) is 22.7 Å². The largest absolute Gasteiger partial charge is 0.383 e. The van der Waals surface area contributed by atoms with Gasteiger partial charge in [-0.25, -0.2) is 9.97 Å². The topological polar surface area (TPSA) is 61.0 Å².